The Morgan fingerprint density at radius 2 is 2.04 bits per heavy atom. The Hall–Kier alpha value is -2.67. The van der Waals surface area contributed by atoms with E-state index in [1.807, 2.05) is 12.1 Å². The molecule has 1 aliphatic rings. The highest BCUT2D eigenvalue weighted by molar-refractivity contribution is 5.51. The average Bonchev–Trinajstić information content (AvgIpc) is 3.04. The van der Waals surface area contributed by atoms with Crippen LogP contribution in [0.1, 0.15) is 17.4 Å². The number of halogens is 2. The van der Waals surface area contributed by atoms with Crippen molar-refractivity contribution in [2.24, 2.45) is 0 Å². The topological polar surface area (TPSA) is 55.1 Å². The maximum Gasteiger partial charge on any atom is 0.232 e. The fourth-order valence-corrected chi connectivity index (χ4v) is 2.76. The van der Waals surface area contributed by atoms with Crippen LogP contribution in [0.15, 0.2) is 47.2 Å². The average molecular weight is 328 g/mol. The zero-order valence-corrected chi connectivity index (χ0v) is 12.7. The minimum atomic E-state index is -0.825. The summed E-state index contributed by atoms with van der Waals surface area (Å²) in [5.41, 5.74) is 1.55. The standard InChI is InChI=1S/C17H14F2N4O/c18-14-4-3-11(6-15(14)19)8-23-9-13(10-23)17-21-16(22-24-17)12-2-1-5-20-7-12/h1-7,13H,8-10H2. The first-order chi connectivity index (χ1) is 11.7. The van der Waals surface area contributed by atoms with Gasteiger partial charge in [0.15, 0.2) is 11.6 Å². The predicted molar refractivity (Wildman–Crippen MR) is 81.9 cm³/mol. The van der Waals surface area contributed by atoms with Gasteiger partial charge in [0.1, 0.15) is 0 Å². The van der Waals surface area contributed by atoms with Crippen LogP contribution in [0.3, 0.4) is 0 Å². The minimum Gasteiger partial charge on any atom is -0.339 e. The molecule has 0 aliphatic carbocycles. The summed E-state index contributed by atoms with van der Waals surface area (Å²) in [4.78, 5) is 10.6. The quantitative estimate of drug-likeness (QED) is 0.737. The van der Waals surface area contributed by atoms with E-state index in [0.717, 1.165) is 30.3 Å². The number of nitrogens with zero attached hydrogens (tertiary/aromatic N) is 4. The molecule has 1 aliphatic heterocycles. The summed E-state index contributed by atoms with van der Waals surface area (Å²) >= 11 is 0. The zero-order valence-electron chi connectivity index (χ0n) is 12.7. The van der Waals surface area contributed by atoms with Gasteiger partial charge in [-0.15, -0.1) is 0 Å². The molecule has 0 saturated carbocycles. The van der Waals surface area contributed by atoms with Crippen LogP contribution >= 0.6 is 0 Å². The lowest BCUT2D eigenvalue weighted by molar-refractivity contribution is 0.117. The number of aromatic nitrogens is 3. The summed E-state index contributed by atoms with van der Waals surface area (Å²) in [5, 5.41) is 3.98. The molecule has 5 nitrogen and oxygen atoms in total. The highest BCUT2D eigenvalue weighted by atomic mass is 19.2. The third-order valence-electron chi connectivity index (χ3n) is 4.06. The van der Waals surface area contributed by atoms with E-state index in [1.54, 1.807) is 18.5 Å². The van der Waals surface area contributed by atoms with Crippen LogP contribution in [-0.2, 0) is 6.54 Å². The van der Waals surface area contributed by atoms with Gasteiger partial charge in [-0.1, -0.05) is 11.2 Å². The molecule has 0 atom stereocenters. The first kappa shape index (κ1) is 14.9. The van der Waals surface area contributed by atoms with E-state index >= 15 is 0 Å². The molecule has 0 spiro atoms. The van der Waals surface area contributed by atoms with Crippen LogP contribution in [0, 0.1) is 11.6 Å². The Kier molecular flexibility index (Phi) is 3.78. The number of hydrogen-bond donors (Lipinski definition) is 0. The molecule has 3 aromatic rings. The molecular formula is C17H14F2N4O. The number of pyridine rings is 1. The first-order valence-corrected chi connectivity index (χ1v) is 7.59. The summed E-state index contributed by atoms with van der Waals surface area (Å²) in [6.45, 7) is 2.05. The third kappa shape index (κ3) is 2.90. The molecule has 4 rings (SSSR count). The van der Waals surface area contributed by atoms with Gasteiger partial charge in [-0.2, -0.15) is 4.98 Å². The fraction of sp³-hybridized carbons (Fsp3) is 0.235. The van der Waals surface area contributed by atoms with Crippen LogP contribution in [-0.4, -0.2) is 33.1 Å². The Labute approximate surface area is 136 Å². The SMILES string of the molecule is Fc1ccc(CN2CC(c3nc(-c4cccnc4)no3)C2)cc1F. The molecule has 1 aromatic carbocycles. The molecule has 0 amide bonds. The third-order valence-corrected chi connectivity index (χ3v) is 4.06. The lowest BCUT2D eigenvalue weighted by Gasteiger charge is -2.37. The van der Waals surface area contributed by atoms with Gasteiger partial charge in [-0.25, -0.2) is 8.78 Å². The van der Waals surface area contributed by atoms with Crippen molar-refractivity contribution in [2.45, 2.75) is 12.5 Å². The highest BCUT2D eigenvalue weighted by Crippen LogP contribution is 2.28. The maximum atomic E-state index is 13.2. The molecule has 122 valence electrons. The molecule has 0 bridgehead atoms. The van der Waals surface area contributed by atoms with Gasteiger partial charge in [0, 0.05) is 37.6 Å². The van der Waals surface area contributed by atoms with Crippen LogP contribution < -0.4 is 0 Å². The summed E-state index contributed by atoms with van der Waals surface area (Å²) in [6.07, 6.45) is 3.37. The summed E-state index contributed by atoms with van der Waals surface area (Å²) in [5.74, 6) is -0.364. The zero-order chi connectivity index (χ0) is 16.5. The number of hydrogen-bond acceptors (Lipinski definition) is 5. The molecule has 0 N–H and O–H groups in total. The van der Waals surface area contributed by atoms with Crippen molar-refractivity contribution >= 4 is 0 Å². The Morgan fingerprint density at radius 3 is 2.79 bits per heavy atom. The molecule has 1 fully saturated rings. The summed E-state index contributed by atoms with van der Waals surface area (Å²) in [7, 11) is 0. The van der Waals surface area contributed by atoms with Gasteiger partial charge in [0.2, 0.25) is 11.7 Å². The van der Waals surface area contributed by atoms with Crippen molar-refractivity contribution in [1.82, 2.24) is 20.0 Å². The van der Waals surface area contributed by atoms with Crippen molar-refractivity contribution < 1.29 is 13.3 Å². The second kappa shape index (κ2) is 6.09. The molecule has 0 unspecified atom stereocenters. The second-order valence-electron chi connectivity index (χ2n) is 5.84. The van der Waals surface area contributed by atoms with Gasteiger partial charge in [0.05, 0.1) is 5.92 Å². The lowest BCUT2D eigenvalue weighted by Crippen LogP contribution is -2.44. The normalized spacial score (nSPS) is 15.4. The van der Waals surface area contributed by atoms with Gasteiger partial charge in [-0.05, 0) is 29.8 Å². The fourth-order valence-electron chi connectivity index (χ4n) is 2.76. The number of benzene rings is 1. The largest absolute Gasteiger partial charge is 0.339 e. The van der Waals surface area contributed by atoms with Gasteiger partial charge >= 0.3 is 0 Å². The predicted octanol–water partition coefficient (Wildman–Crippen LogP) is 3.01. The first-order valence-electron chi connectivity index (χ1n) is 7.59. The molecule has 3 heterocycles. The van der Waals surface area contributed by atoms with Crippen LogP contribution in [0.4, 0.5) is 8.78 Å². The molecule has 7 heteroatoms. The summed E-state index contributed by atoms with van der Waals surface area (Å²) < 4.78 is 31.5. The van der Waals surface area contributed by atoms with E-state index in [9.17, 15) is 8.78 Å². The highest BCUT2D eigenvalue weighted by Gasteiger charge is 2.32. The smallest absolute Gasteiger partial charge is 0.232 e. The molecule has 1 saturated heterocycles. The molecule has 24 heavy (non-hydrogen) atoms. The van der Waals surface area contributed by atoms with Crippen molar-refractivity contribution in [3.63, 3.8) is 0 Å². The van der Waals surface area contributed by atoms with E-state index in [1.165, 1.54) is 6.07 Å². The van der Waals surface area contributed by atoms with E-state index in [2.05, 4.69) is 20.0 Å². The van der Waals surface area contributed by atoms with Crippen LogP contribution in [0.5, 0.6) is 0 Å². The van der Waals surface area contributed by atoms with E-state index < -0.39 is 11.6 Å². The number of rotatable bonds is 4. The van der Waals surface area contributed by atoms with Crippen molar-refractivity contribution in [3.05, 3.63) is 65.8 Å². The van der Waals surface area contributed by atoms with Gasteiger partial charge in [-0.3, -0.25) is 9.88 Å². The van der Waals surface area contributed by atoms with Crippen LogP contribution in [0.2, 0.25) is 0 Å². The molecule has 0 radical (unpaired) electrons. The maximum absolute atomic E-state index is 13.2. The minimum absolute atomic E-state index is 0.160. The van der Waals surface area contributed by atoms with Crippen molar-refractivity contribution in [3.8, 4) is 11.4 Å². The van der Waals surface area contributed by atoms with Crippen molar-refractivity contribution in [2.75, 3.05) is 13.1 Å². The molecule has 2 aromatic heterocycles. The lowest BCUT2D eigenvalue weighted by atomic mass is 9.99. The van der Waals surface area contributed by atoms with E-state index in [0.29, 0.717) is 18.3 Å². The van der Waals surface area contributed by atoms with Crippen molar-refractivity contribution in [1.29, 1.82) is 0 Å². The van der Waals surface area contributed by atoms with E-state index in [-0.39, 0.29) is 5.92 Å². The van der Waals surface area contributed by atoms with E-state index in [4.69, 9.17) is 4.52 Å². The van der Waals surface area contributed by atoms with Gasteiger partial charge in [0.25, 0.3) is 0 Å². The second-order valence-corrected chi connectivity index (χ2v) is 5.84. The summed E-state index contributed by atoms with van der Waals surface area (Å²) in [6, 6.07) is 7.67. The monoisotopic (exact) mass is 328 g/mol. The molecular weight excluding hydrogens is 314 g/mol. The Bertz CT molecular complexity index is 847. The number of likely N-dealkylation sites (tertiary alicyclic amines) is 1. The van der Waals surface area contributed by atoms with Gasteiger partial charge < -0.3 is 4.52 Å². The Morgan fingerprint density at radius 1 is 1.17 bits per heavy atom. The Balaban J connectivity index is 1.37. The van der Waals surface area contributed by atoms with Crippen LogP contribution in [0.25, 0.3) is 11.4 Å².